The Morgan fingerprint density at radius 2 is 2.05 bits per heavy atom. The van der Waals surface area contributed by atoms with Crippen LogP contribution in [0, 0.1) is 6.92 Å². The molecule has 0 saturated heterocycles. The van der Waals surface area contributed by atoms with Crippen molar-refractivity contribution in [3.05, 3.63) is 54.1 Å². The number of aromatic nitrogens is 2. The number of allylic oxidation sites excluding steroid dienone is 2. The van der Waals surface area contributed by atoms with E-state index < -0.39 is 0 Å². The van der Waals surface area contributed by atoms with E-state index in [0.29, 0.717) is 12.5 Å². The average molecular weight is 288 g/mol. The second-order valence-corrected chi connectivity index (χ2v) is 4.86. The minimum absolute atomic E-state index is 0.436. The molecule has 0 aliphatic carbocycles. The molecule has 2 aromatic heterocycles. The van der Waals surface area contributed by atoms with E-state index in [2.05, 4.69) is 23.1 Å². The standard InChI is InChI=1S/C14H14N2OS.C2H6/c1-4-6-11(5-2)9-17-13-8-7-12-14(16-13)18-10(3)15-12;1-2/h4-8H,1-2,9H2,3H3;1-2H3/b11-6+;. The van der Waals surface area contributed by atoms with E-state index in [0.717, 1.165) is 20.9 Å². The molecule has 0 unspecified atom stereocenters. The van der Waals surface area contributed by atoms with Gasteiger partial charge in [-0.1, -0.05) is 56.6 Å². The lowest BCUT2D eigenvalue weighted by Gasteiger charge is -2.05. The van der Waals surface area contributed by atoms with Gasteiger partial charge < -0.3 is 4.74 Å². The van der Waals surface area contributed by atoms with Gasteiger partial charge in [-0.3, -0.25) is 0 Å². The Morgan fingerprint density at radius 3 is 2.70 bits per heavy atom. The summed E-state index contributed by atoms with van der Waals surface area (Å²) in [6.07, 6.45) is 5.32. The van der Waals surface area contributed by atoms with Crippen molar-refractivity contribution >= 4 is 21.7 Å². The van der Waals surface area contributed by atoms with Gasteiger partial charge in [-0.05, 0) is 18.6 Å². The number of rotatable bonds is 5. The summed E-state index contributed by atoms with van der Waals surface area (Å²) in [4.78, 5) is 9.66. The highest BCUT2D eigenvalue weighted by Gasteiger charge is 2.04. The lowest BCUT2D eigenvalue weighted by Crippen LogP contribution is -2.00. The van der Waals surface area contributed by atoms with Crippen LogP contribution in [-0.4, -0.2) is 16.6 Å². The maximum absolute atomic E-state index is 5.61. The van der Waals surface area contributed by atoms with Gasteiger partial charge in [0.15, 0.2) is 0 Å². The van der Waals surface area contributed by atoms with Crippen LogP contribution in [-0.2, 0) is 0 Å². The molecule has 20 heavy (non-hydrogen) atoms. The van der Waals surface area contributed by atoms with Gasteiger partial charge in [0.25, 0.3) is 0 Å². The monoisotopic (exact) mass is 288 g/mol. The Hall–Kier alpha value is -1.94. The van der Waals surface area contributed by atoms with Crippen LogP contribution in [0.15, 0.2) is 49.1 Å². The molecule has 2 rings (SSSR count). The number of fused-ring (bicyclic) bond motifs is 1. The fraction of sp³-hybridized carbons (Fsp3) is 0.250. The molecule has 0 saturated carbocycles. The summed E-state index contributed by atoms with van der Waals surface area (Å²) in [5.41, 5.74) is 1.88. The first-order valence-electron chi connectivity index (χ1n) is 6.54. The highest BCUT2D eigenvalue weighted by atomic mass is 32.1. The second-order valence-electron chi connectivity index (χ2n) is 3.68. The Morgan fingerprint density at radius 1 is 1.30 bits per heavy atom. The van der Waals surface area contributed by atoms with Crippen molar-refractivity contribution in [2.24, 2.45) is 0 Å². The van der Waals surface area contributed by atoms with Gasteiger partial charge >= 0.3 is 0 Å². The molecule has 0 radical (unpaired) electrons. The predicted octanol–water partition coefficient (Wildman–Crippen LogP) is 4.70. The van der Waals surface area contributed by atoms with E-state index >= 15 is 0 Å². The molecule has 3 nitrogen and oxygen atoms in total. The largest absolute Gasteiger partial charge is 0.473 e. The molecule has 0 aliphatic heterocycles. The number of ether oxygens (including phenoxy) is 1. The first-order chi connectivity index (χ1) is 9.72. The molecule has 0 N–H and O–H groups in total. The number of thiazole rings is 1. The molecule has 0 aliphatic rings. The Bertz CT molecular complexity index is 614. The molecule has 0 fully saturated rings. The van der Waals surface area contributed by atoms with Crippen LogP contribution >= 0.6 is 11.3 Å². The van der Waals surface area contributed by atoms with E-state index in [1.54, 1.807) is 23.5 Å². The first kappa shape index (κ1) is 16.1. The van der Waals surface area contributed by atoms with E-state index in [1.165, 1.54) is 0 Å². The minimum atomic E-state index is 0.436. The van der Waals surface area contributed by atoms with Gasteiger partial charge in [0.2, 0.25) is 5.88 Å². The first-order valence-corrected chi connectivity index (χ1v) is 7.35. The molecule has 0 atom stereocenters. The fourth-order valence-corrected chi connectivity index (χ4v) is 2.25. The maximum atomic E-state index is 5.61. The van der Waals surface area contributed by atoms with Crippen molar-refractivity contribution in [3.63, 3.8) is 0 Å². The van der Waals surface area contributed by atoms with Crippen LogP contribution in [0.2, 0.25) is 0 Å². The summed E-state index contributed by atoms with van der Waals surface area (Å²) in [5.74, 6) is 0.600. The average Bonchev–Trinajstić information content (AvgIpc) is 2.84. The topological polar surface area (TPSA) is 35.0 Å². The number of hydrogen-bond acceptors (Lipinski definition) is 4. The van der Waals surface area contributed by atoms with E-state index in [4.69, 9.17) is 4.74 Å². The third-order valence-electron chi connectivity index (χ3n) is 2.32. The summed E-state index contributed by atoms with van der Waals surface area (Å²) in [6, 6.07) is 3.75. The molecule has 0 aromatic carbocycles. The normalized spacial score (nSPS) is 10.7. The van der Waals surface area contributed by atoms with Gasteiger partial charge in [-0.15, -0.1) is 0 Å². The Labute approximate surface area is 124 Å². The summed E-state index contributed by atoms with van der Waals surface area (Å²) in [5, 5.41) is 1.01. The highest BCUT2D eigenvalue weighted by molar-refractivity contribution is 7.18. The summed E-state index contributed by atoms with van der Waals surface area (Å²) in [6.45, 7) is 13.8. The molecular formula is C16H20N2OS. The third-order valence-corrected chi connectivity index (χ3v) is 3.20. The SMILES string of the molecule is C=C/C=C(\C=C)COc1ccc2nc(C)sc2n1.CC. The number of aryl methyl sites for hydroxylation is 1. The van der Waals surface area contributed by atoms with Gasteiger partial charge in [0, 0.05) is 6.07 Å². The zero-order valence-electron chi connectivity index (χ0n) is 12.2. The maximum Gasteiger partial charge on any atom is 0.215 e. The van der Waals surface area contributed by atoms with Gasteiger partial charge in [0.05, 0.1) is 5.01 Å². The fourth-order valence-electron chi connectivity index (χ4n) is 1.47. The van der Waals surface area contributed by atoms with Gasteiger partial charge in [-0.2, -0.15) is 0 Å². The summed E-state index contributed by atoms with van der Waals surface area (Å²) < 4.78 is 5.61. The lowest BCUT2D eigenvalue weighted by atomic mass is 10.2. The number of pyridine rings is 1. The Balaban J connectivity index is 0.000000956. The number of hydrogen-bond donors (Lipinski definition) is 0. The summed E-state index contributed by atoms with van der Waals surface area (Å²) >= 11 is 1.56. The van der Waals surface area contributed by atoms with Crippen molar-refractivity contribution < 1.29 is 4.74 Å². The second kappa shape index (κ2) is 8.27. The molecule has 0 amide bonds. The quantitative estimate of drug-likeness (QED) is 0.748. The zero-order chi connectivity index (χ0) is 15.0. The predicted molar refractivity (Wildman–Crippen MR) is 87.5 cm³/mol. The van der Waals surface area contributed by atoms with Gasteiger partial charge in [0.1, 0.15) is 17.0 Å². The number of nitrogens with zero attached hydrogens (tertiary/aromatic N) is 2. The minimum Gasteiger partial charge on any atom is -0.473 e. The summed E-state index contributed by atoms with van der Waals surface area (Å²) in [7, 11) is 0. The van der Waals surface area contributed by atoms with E-state index in [-0.39, 0.29) is 0 Å². The van der Waals surface area contributed by atoms with Gasteiger partial charge in [-0.25, -0.2) is 9.97 Å². The molecule has 2 heterocycles. The molecule has 4 heteroatoms. The van der Waals surface area contributed by atoms with Crippen molar-refractivity contribution in [1.82, 2.24) is 9.97 Å². The van der Waals surface area contributed by atoms with E-state index in [1.807, 2.05) is 39.0 Å². The van der Waals surface area contributed by atoms with Crippen molar-refractivity contribution in [1.29, 1.82) is 0 Å². The molecule has 2 aromatic rings. The van der Waals surface area contributed by atoms with Crippen LogP contribution in [0.1, 0.15) is 18.9 Å². The molecule has 106 valence electrons. The van der Waals surface area contributed by atoms with Crippen LogP contribution in [0.5, 0.6) is 5.88 Å². The zero-order valence-corrected chi connectivity index (χ0v) is 13.0. The van der Waals surface area contributed by atoms with Crippen LogP contribution in [0.25, 0.3) is 10.3 Å². The van der Waals surface area contributed by atoms with Crippen molar-refractivity contribution in [3.8, 4) is 5.88 Å². The highest BCUT2D eigenvalue weighted by Crippen LogP contribution is 2.22. The third kappa shape index (κ3) is 4.31. The van der Waals surface area contributed by atoms with Crippen LogP contribution in [0.3, 0.4) is 0 Å². The smallest absolute Gasteiger partial charge is 0.215 e. The van der Waals surface area contributed by atoms with Crippen LogP contribution in [0.4, 0.5) is 0 Å². The van der Waals surface area contributed by atoms with Crippen molar-refractivity contribution in [2.75, 3.05) is 6.61 Å². The molecular weight excluding hydrogens is 268 g/mol. The lowest BCUT2D eigenvalue weighted by molar-refractivity contribution is 0.343. The Kier molecular flexibility index (Phi) is 6.67. The van der Waals surface area contributed by atoms with E-state index in [9.17, 15) is 0 Å². The molecule has 0 spiro atoms. The van der Waals surface area contributed by atoms with Crippen molar-refractivity contribution in [2.45, 2.75) is 20.8 Å². The molecule has 0 bridgehead atoms. The van der Waals surface area contributed by atoms with Crippen LogP contribution < -0.4 is 4.74 Å².